The van der Waals surface area contributed by atoms with Gasteiger partial charge in [-0.05, 0) is 49.3 Å². The van der Waals surface area contributed by atoms with E-state index in [4.69, 9.17) is 5.73 Å². The maximum atomic E-state index is 12.1. The van der Waals surface area contributed by atoms with Crippen molar-refractivity contribution in [1.82, 2.24) is 5.32 Å². The molecule has 1 saturated carbocycles. The molecule has 1 amide bonds. The lowest BCUT2D eigenvalue weighted by atomic mass is 9.95. The second-order valence-corrected chi connectivity index (χ2v) is 5.98. The molecule has 1 aromatic carbocycles. The molecule has 0 heterocycles. The van der Waals surface area contributed by atoms with Gasteiger partial charge >= 0.3 is 0 Å². The van der Waals surface area contributed by atoms with Crippen molar-refractivity contribution >= 4 is 17.7 Å². The van der Waals surface area contributed by atoms with Gasteiger partial charge in [0.05, 0.1) is 0 Å². The van der Waals surface area contributed by atoms with Gasteiger partial charge in [0.1, 0.15) is 0 Å². The monoisotopic (exact) mass is 278 g/mol. The Balaban J connectivity index is 1.85. The average molecular weight is 278 g/mol. The highest BCUT2D eigenvalue weighted by molar-refractivity contribution is 7.98. The van der Waals surface area contributed by atoms with Crippen LogP contribution < -0.4 is 11.1 Å². The zero-order valence-corrected chi connectivity index (χ0v) is 12.2. The number of rotatable bonds is 5. The quantitative estimate of drug-likeness (QED) is 0.813. The SMILES string of the molecule is CSc1ccc(CNC(=O)[C@@H]2CCC[C@@H]2CN)cc1. The van der Waals surface area contributed by atoms with Crippen molar-refractivity contribution < 1.29 is 4.79 Å². The van der Waals surface area contributed by atoms with Crippen molar-refractivity contribution in [2.24, 2.45) is 17.6 Å². The summed E-state index contributed by atoms with van der Waals surface area (Å²) in [5.41, 5.74) is 6.87. The molecule has 2 atom stereocenters. The summed E-state index contributed by atoms with van der Waals surface area (Å²) in [5, 5.41) is 3.04. The maximum Gasteiger partial charge on any atom is 0.223 e. The molecule has 0 aromatic heterocycles. The van der Waals surface area contributed by atoms with Crippen molar-refractivity contribution in [3.05, 3.63) is 29.8 Å². The van der Waals surface area contributed by atoms with E-state index in [2.05, 4.69) is 35.8 Å². The summed E-state index contributed by atoms with van der Waals surface area (Å²) >= 11 is 1.72. The molecule has 0 saturated heterocycles. The first-order valence-electron chi connectivity index (χ1n) is 6.85. The van der Waals surface area contributed by atoms with Crippen LogP contribution >= 0.6 is 11.8 Å². The number of benzene rings is 1. The lowest BCUT2D eigenvalue weighted by Gasteiger charge is -2.17. The lowest BCUT2D eigenvalue weighted by molar-refractivity contribution is -0.126. The van der Waals surface area contributed by atoms with Crippen LogP contribution in [0.3, 0.4) is 0 Å². The normalized spacial score (nSPS) is 22.4. The largest absolute Gasteiger partial charge is 0.352 e. The van der Waals surface area contributed by atoms with Crippen molar-refractivity contribution in [3.8, 4) is 0 Å². The third kappa shape index (κ3) is 3.74. The molecule has 1 fully saturated rings. The summed E-state index contributed by atoms with van der Waals surface area (Å²) in [6.45, 7) is 1.24. The molecule has 1 aromatic rings. The highest BCUT2D eigenvalue weighted by atomic mass is 32.2. The summed E-state index contributed by atoms with van der Waals surface area (Å²) in [6.07, 6.45) is 5.27. The van der Waals surface area contributed by atoms with Gasteiger partial charge in [0.15, 0.2) is 0 Å². The molecule has 19 heavy (non-hydrogen) atoms. The van der Waals surface area contributed by atoms with E-state index in [1.54, 1.807) is 11.8 Å². The molecule has 104 valence electrons. The molecule has 0 unspecified atom stereocenters. The Morgan fingerprint density at radius 2 is 2.11 bits per heavy atom. The zero-order valence-electron chi connectivity index (χ0n) is 11.4. The standard InChI is InChI=1S/C15H22N2OS/c1-19-13-7-5-11(6-8-13)10-17-15(18)14-4-2-3-12(14)9-16/h5-8,12,14H,2-4,9-10,16H2,1H3,(H,17,18)/t12-,14-/m1/s1. The van der Waals surface area contributed by atoms with Crippen molar-refractivity contribution in [2.45, 2.75) is 30.7 Å². The Morgan fingerprint density at radius 1 is 1.37 bits per heavy atom. The summed E-state index contributed by atoms with van der Waals surface area (Å²) < 4.78 is 0. The number of carbonyl (C=O) groups excluding carboxylic acids is 1. The van der Waals surface area contributed by atoms with Gasteiger partial charge in [0.2, 0.25) is 5.91 Å². The number of carbonyl (C=O) groups is 1. The summed E-state index contributed by atoms with van der Waals surface area (Å²) in [4.78, 5) is 13.4. The van der Waals surface area contributed by atoms with E-state index < -0.39 is 0 Å². The van der Waals surface area contributed by atoms with Crippen LogP contribution in [0.4, 0.5) is 0 Å². The molecule has 1 aliphatic rings. The number of thioether (sulfide) groups is 1. The predicted molar refractivity (Wildman–Crippen MR) is 80.0 cm³/mol. The fraction of sp³-hybridized carbons (Fsp3) is 0.533. The lowest BCUT2D eigenvalue weighted by Crippen LogP contribution is -2.34. The molecular weight excluding hydrogens is 256 g/mol. The predicted octanol–water partition coefficient (Wildman–Crippen LogP) is 2.40. The van der Waals surface area contributed by atoms with Crippen LogP contribution in [0.15, 0.2) is 29.2 Å². The Labute approximate surface area is 119 Å². The summed E-state index contributed by atoms with van der Waals surface area (Å²) in [6, 6.07) is 8.32. The first-order chi connectivity index (χ1) is 9.24. The molecule has 1 aliphatic carbocycles. The molecule has 4 heteroatoms. The number of nitrogens with two attached hydrogens (primary N) is 1. The van der Waals surface area contributed by atoms with Crippen LogP contribution in [-0.2, 0) is 11.3 Å². The Kier molecular flexibility index (Phi) is 5.28. The highest BCUT2D eigenvalue weighted by Gasteiger charge is 2.31. The second-order valence-electron chi connectivity index (χ2n) is 5.10. The third-order valence-electron chi connectivity index (χ3n) is 3.92. The topological polar surface area (TPSA) is 55.1 Å². The van der Waals surface area contributed by atoms with Gasteiger partial charge in [-0.25, -0.2) is 0 Å². The van der Waals surface area contributed by atoms with Crippen molar-refractivity contribution in [2.75, 3.05) is 12.8 Å². The minimum absolute atomic E-state index is 0.121. The minimum Gasteiger partial charge on any atom is -0.352 e. The van der Waals surface area contributed by atoms with Crippen LogP contribution in [-0.4, -0.2) is 18.7 Å². The van der Waals surface area contributed by atoms with Gasteiger partial charge in [-0.3, -0.25) is 4.79 Å². The Bertz CT molecular complexity index is 419. The van der Waals surface area contributed by atoms with E-state index in [1.165, 1.54) is 4.90 Å². The van der Waals surface area contributed by atoms with E-state index in [0.717, 1.165) is 24.8 Å². The molecule has 0 aliphatic heterocycles. The van der Waals surface area contributed by atoms with Gasteiger partial charge < -0.3 is 11.1 Å². The maximum absolute atomic E-state index is 12.1. The smallest absolute Gasteiger partial charge is 0.223 e. The average Bonchev–Trinajstić information content (AvgIpc) is 2.93. The molecule has 0 spiro atoms. The van der Waals surface area contributed by atoms with Gasteiger partial charge in [-0.2, -0.15) is 0 Å². The van der Waals surface area contributed by atoms with Crippen LogP contribution in [0.1, 0.15) is 24.8 Å². The molecule has 0 bridgehead atoms. The van der Waals surface area contributed by atoms with E-state index in [0.29, 0.717) is 19.0 Å². The Morgan fingerprint density at radius 3 is 2.74 bits per heavy atom. The van der Waals surface area contributed by atoms with Crippen LogP contribution in [0.25, 0.3) is 0 Å². The number of amides is 1. The van der Waals surface area contributed by atoms with Gasteiger partial charge in [-0.1, -0.05) is 18.6 Å². The van der Waals surface area contributed by atoms with E-state index >= 15 is 0 Å². The molecule has 2 rings (SSSR count). The molecule has 3 N–H and O–H groups in total. The number of nitrogens with one attached hydrogen (secondary N) is 1. The first-order valence-corrected chi connectivity index (χ1v) is 8.07. The summed E-state index contributed by atoms with van der Waals surface area (Å²) in [5.74, 6) is 0.663. The summed E-state index contributed by atoms with van der Waals surface area (Å²) in [7, 11) is 0. The molecule has 0 radical (unpaired) electrons. The second kappa shape index (κ2) is 6.96. The molecule has 3 nitrogen and oxygen atoms in total. The van der Waals surface area contributed by atoms with Gasteiger partial charge in [0, 0.05) is 17.4 Å². The first kappa shape index (κ1) is 14.4. The number of hydrogen-bond acceptors (Lipinski definition) is 3. The highest BCUT2D eigenvalue weighted by Crippen LogP contribution is 2.31. The minimum atomic E-state index is 0.121. The van der Waals surface area contributed by atoms with Gasteiger partial charge in [-0.15, -0.1) is 11.8 Å². The fourth-order valence-corrected chi connectivity index (χ4v) is 3.14. The Hall–Kier alpha value is -1.00. The third-order valence-corrected chi connectivity index (χ3v) is 4.67. The van der Waals surface area contributed by atoms with Crippen molar-refractivity contribution in [3.63, 3.8) is 0 Å². The van der Waals surface area contributed by atoms with Gasteiger partial charge in [0.25, 0.3) is 0 Å². The van der Waals surface area contributed by atoms with Crippen LogP contribution in [0.5, 0.6) is 0 Å². The van der Waals surface area contributed by atoms with E-state index in [9.17, 15) is 4.79 Å². The zero-order chi connectivity index (χ0) is 13.7. The van der Waals surface area contributed by atoms with E-state index in [-0.39, 0.29) is 11.8 Å². The van der Waals surface area contributed by atoms with Crippen LogP contribution in [0, 0.1) is 11.8 Å². The molecular formula is C15H22N2OS. The van der Waals surface area contributed by atoms with Crippen molar-refractivity contribution in [1.29, 1.82) is 0 Å². The number of hydrogen-bond donors (Lipinski definition) is 2. The van der Waals surface area contributed by atoms with E-state index in [1.807, 2.05) is 0 Å². The fourth-order valence-electron chi connectivity index (χ4n) is 2.73. The van der Waals surface area contributed by atoms with Crippen LogP contribution in [0.2, 0.25) is 0 Å².